The van der Waals surface area contributed by atoms with Crippen LogP contribution in [0.15, 0.2) is 29.2 Å². The molecule has 1 amide bonds. The quantitative estimate of drug-likeness (QED) is 0.688. The molecule has 0 aliphatic heterocycles. The fourth-order valence-electron chi connectivity index (χ4n) is 2.50. The van der Waals surface area contributed by atoms with Crippen molar-refractivity contribution < 1.29 is 17.9 Å². The molecule has 0 aliphatic rings. The third-order valence-corrected chi connectivity index (χ3v) is 5.96. The monoisotopic (exact) mass is 414 g/mol. The lowest BCUT2D eigenvalue weighted by atomic mass is 10.3. The van der Waals surface area contributed by atoms with Gasteiger partial charge in [-0.3, -0.25) is 9.48 Å². The van der Waals surface area contributed by atoms with Gasteiger partial charge in [-0.1, -0.05) is 11.6 Å². The number of benzene rings is 1. The van der Waals surface area contributed by atoms with E-state index in [1.165, 1.54) is 36.1 Å². The van der Waals surface area contributed by atoms with Gasteiger partial charge in [0.15, 0.2) is 0 Å². The minimum absolute atomic E-state index is 0.00946. The lowest BCUT2D eigenvalue weighted by molar-refractivity contribution is -0.116. The summed E-state index contributed by atoms with van der Waals surface area (Å²) >= 11 is 6.07. The van der Waals surface area contributed by atoms with Crippen molar-refractivity contribution in [2.24, 2.45) is 0 Å². The molecule has 0 radical (unpaired) electrons. The van der Waals surface area contributed by atoms with Gasteiger partial charge in [0.2, 0.25) is 15.9 Å². The first-order chi connectivity index (χ1) is 12.6. The molecule has 1 aromatic carbocycles. The summed E-state index contributed by atoms with van der Waals surface area (Å²) in [4.78, 5) is 12.3. The van der Waals surface area contributed by atoms with Crippen molar-refractivity contribution in [3.8, 4) is 0 Å². The molecule has 2 rings (SSSR count). The molecule has 8 nitrogen and oxygen atoms in total. The fraction of sp³-hybridized carbons (Fsp3) is 0.412. The van der Waals surface area contributed by atoms with E-state index in [0.29, 0.717) is 22.1 Å². The van der Waals surface area contributed by atoms with Gasteiger partial charge >= 0.3 is 0 Å². The first-order valence-corrected chi connectivity index (χ1v) is 10.1. The van der Waals surface area contributed by atoms with Crippen LogP contribution in [0.25, 0.3) is 0 Å². The Kier molecular flexibility index (Phi) is 6.99. The standard InChI is InChI=1S/C17H23ClN4O4S/c1-11(10-26-4)21-27(24,25)15-7-5-14(6-8-15)19-16(23)9-22-13(3)17(18)12(2)20-22/h5-8,11,21H,9-10H2,1-4H3,(H,19,23). The van der Waals surface area contributed by atoms with Crippen LogP contribution in [0.5, 0.6) is 0 Å². The van der Waals surface area contributed by atoms with E-state index in [9.17, 15) is 13.2 Å². The van der Waals surface area contributed by atoms with Gasteiger partial charge in [0, 0.05) is 18.8 Å². The molecule has 0 bridgehead atoms. The molecular formula is C17H23ClN4O4S. The van der Waals surface area contributed by atoms with Crippen molar-refractivity contribution in [2.75, 3.05) is 19.0 Å². The molecule has 148 valence electrons. The Morgan fingerprint density at radius 1 is 1.30 bits per heavy atom. The van der Waals surface area contributed by atoms with Gasteiger partial charge in [-0.05, 0) is 45.0 Å². The molecular weight excluding hydrogens is 392 g/mol. The number of sulfonamides is 1. The van der Waals surface area contributed by atoms with E-state index in [1.54, 1.807) is 20.8 Å². The molecule has 27 heavy (non-hydrogen) atoms. The number of methoxy groups -OCH3 is 1. The third-order valence-electron chi connectivity index (χ3n) is 3.81. The predicted octanol–water partition coefficient (Wildman–Crippen LogP) is 2.11. The predicted molar refractivity (Wildman–Crippen MR) is 103 cm³/mol. The molecule has 0 aliphatic carbocycles. The van der Waals surface area contributed by atoms with E-state index in [0.717, 1.165) is 0 Å². The normalized spacial score (nSPS) is 12.8. The van der Waals surface area contributed by atoms with Crippen LogP contribution in [0.4, 0.5) is 5.69 Å². The number of rotatable bonds is 8. The highest BCUT2D eigenvalue weighted by molar-refractivity contribution is 7.89. The smallest absolute Gasteiger partial charge is 0.246 e. The van der Waals surface area contributed by atoms with Crippen LogP contribution >= 0.6 is 11.6 Å². The number of ether oxygens (including phenoxy) is 1. The zero-order valence-electron chi connectivity index (χ0n) is 15.6. The van der Waals surface area contributed by atoms with Crippen molar-refractivity contribution in [1.82, 2.24) is 14.5 Å². The van der Waals surface area contributed by atoms with E-state index < -0.39 is 10.0 Å². The molecule has 1 unspecified atom stereocenters. The number of carbonyl (C=O) groups is 1. The SMILES string of the molecule is COCC(C)NS(=O)(=O)c1ccc(NC(=O)Cn2nc(C)c(Cl)c2C)cc1. The van der Waals surface area contributed by atoms with Crippen molar-refractivity contribution in [3.05, 3.63) is 40.7 Å². The Labute approximate surface area is 163 Å². The van der Waals surface area contributed by atoms with Crippen LogP contribution in [0.1, 0.15) is 18.3 Å². The summed E-state index contributed by atoms with van der Waals surface area (Å²) in [5, 5.41) is 7.45. The molecule has 1 heterocycles. The number of aromatic nitrogens is 2. The average molecular weight is 415 g/mol. The van der Waals surface area contributed by atoms with Crippen LogP contribution in [-0.2, 0) is 26.1 Å². The van der Waals surface area contributed by atoms with Gasteiger partial charge in [-0.25, -0.2) is 13.1 Å². The molecule has 2 aromatic rings. The average Bonchev–Trinajstić information content (AvgIpc) is 2.82. The molecule has 0 fully saturated rings. The van der Waals surface area contributed by atoms with Crippen molar-refractivity contribution in [1.29, 1.82) is 0 Å². The minimum atomic E-state index is -3.65. The maximum absolute atomic E-state index is 12.3. The van der Waals surface area contributed by atoms with Crippen LogP contribution in [0, 0.1) is 13.8 Å². The van der Waals surface area contributed by atoms with Gasteiger partial charge in [0.05, 0.1) is 27.9 Å². The van der Waals surface area contributed by atoms with Crippen molar-refractivity contribution in [3.63, 3.8) is 0 Å². The summed E-state index contributed by atoms with van der Waals surface area (Å²) in [6.45, 7) is 5.54. The Balaban J connectivity index is 2.02. The second-order valence-electron chi connectivity index (χ2n) is 6.19. The van der Waals surface area contributed by atoms with Crippen LogP contribution in [0.2, 0.25) is 5.02 Å². The van der Waals surface area contributed by atoms with Crippen molar-refractivity contribution >= 4 is 33.2 Å². The molecule has 1 aromatic heterocycles. The van der Waals surface area contributed by atoms with Gasteiger partial charge in [-0.15, -0.1) is 0 Å². The molecule has 1 atom stereocenters. The van der Waals surface area contributed by atoms with E-state index >= 15 is 0 Å². The van der Waals surface area contributed by atoms with E-state index in [-0.39, 0.29) is 30.0 Å². The second-order valence-corrected chi connectivity index (χ2v) is 8.28. The van der Waals surface area contributed by atoms with Gasteiger partial charge in [0.25, 0.3) is 0 Å². The number of anilines is 1. The van der Waals surface area contributed by atoms with Crippen LogP contribution in [0.3, 0.4) is 0 Å². The lowest BCUT2D eigenvalue weighted by Gasteiger charge is -2.13. The highest BCUT2D eigenvalue weighted by Gasteiger charge is 2.17. The topological polar surface area (TPSA) is 102 Å². The zero-order valence-corrected chi connectivity index (χ0v) is 17.2. The summed E-state index contributed by atoms with van der Waals surface area (Å²) in [7, 11) is -2.15. The van der Waals surface area contributed by atoms with Gasteiger partial charge < -0.3 is 10.1 Å². The summed E-state index contributed by atoms with van der Waals surface area (Å²) in [5.41, 5.74) is 1.85. The summed E-state index contributed by atoms with van der Waals surface area (Å²) < 4.78 is 33.5. The Bertz CT molecular complexity index is 910. The summed E-state index contributed by atoms with van der Waals surface area (Å²) in [6, 6.07) is 5.56. The number of halogens is 1. The van der Waals surface area contributed by atoms with Crippen LogP contribution < -0.4 is 10.0 Å². The largest absolute Gasteiger partial charge is 0.383 e. The lowest BCUT2D eigenvalue weighted by Crippen LogP contribution is -2.35. The number of hydrogen-bond donors (Lipinski definition) is 2. The molecule has 10 heteroatoms. The molecule has 0 saturated heterocycles. The van der Waals surface area contributed by atoms with Gasteiger partial charge in [-0.2, -0.15) is 5.10 Å². The summed E-state index contributed by atoms with van der Waals surface area (Å²) in [5.74, 6) is -0.292. The zero-order chi connectivity index (χ0) is 20.2. The Morgan fingerprint density at radius 2 is 1.93 bits per heavy atom. The van der Waals surface area contributed by atoms with E-state index in [1.807, 2.05) is 0 Å². The first kappa shape index (κ1) is 21.4. The fourth-order valence-corrected chi connectivity index (χ4v) is 3.86. The number of aryl methyl sites for hydroxylation is 1. The maximum Gasteiger partial charge on any atom is 0.246 e. The Morgan fingerprint density at radius 3 is 2.44 bits per heavy atom. The van der Waals surface area contributed by atoms with Crippen LogP contribution in [-0.4, -0.2) is 43.9 Å². The van der Waals surface area contributed by atoms with Gasteiger partial charge in [0.1, 0.15) is 6.54 Å². The Hall–Kier alpha value is -1.94. The van der Waals surface area contributed by atoms with E-state index in [2.05, 4.69) is 15.1 Å². The second kappa shape index (κ2) is 8.83. The van der Waals surface area contributed by atoms with E-state index in [4.69, 9.17) is 16.3 Å². The maximum atomic E-state index is 12.3. The number of hydrogen-bond acceptors (Lipinski definition) is 5. The first-order valence-electron chi connectivity index (χ1n) is 8.24. The molecule has 0 saturated carbocycles. The number of nitrogens with zero attached hydrogens (tertiary/aromatic N) is 2. The summed E-state index contributed by atoms with van der Waals surface area (Å²) in [6.07, 6.45) is 0. The number of nitrogens with one attached hydrogen (secondary N) is 2. The highest BCUT2D eigenvalue weighted by Crippen LogP contribution is 2.19. The van der Waals surface area contributed by atoms with Crippen molar-refractivity contribution in [2.45, 2.75) is 38.3 Å². The third kappa shape index (κ3) is 5.52. The number of amides is 1. The molecule has 2 N–H and O–H groups in total. The minimum Gasteiger partial charge on any atom is -0.383 e. The highest BCUT2D eigenvalue weighted by atomic mass is 35.5. The molecule has 0 spiro atoms. The number of carbonyl (C=O) groups excluding carboxylic acids is 1.